The second-order valence-corrected chi connectivity index (χ2v) is 7.33. The Hall–Kier alpha value is -4.00. The number of anilines is 1. The molecule has 2 heterocycles. The largest absolute Gasteiger partial charge is 0.478 e. The highest BCUT2D eigenvalue weighted by molar-refractivity contribution is 6.32. The van der Waals surface area contributed by atoms with Gasteiger partial charge in [-0.1, -0.05) is 25.1 Å². The number of carboxylic acid groups (broad SMARTS) is 1. The number of carboxylic acids is 1. The molecule has 0 aliphatic carbocycles. The van der Waals surface area contributed by atoms with Crippen LogP contribution in [0.4, 0.5) is 5.69 Å². The van der Waals surface area contributed by atoms with Crippen LogP contribution in [0.1, 0.15) is 36.2 Å². The third kappa shape index (κ3) is 3.77. The van der Waals surface area contributed by atoms with E-state index in [9.17, 15) is 14.4 Å². The number of hydrazone groups is 1. The summed E-state index contributed by atoms with van der Waals surface area (Å²) in [6, 6.07) is 13.8. The number of hydrogen-bond donors (Lipinski definition) is 1. The summed E-state index contributed by atoms with van der Waals surface area (Å²) in [5.41, 5.74) is 3.41. The quantitative estimate of drug-likeness (QED) is 0.613. The summed E-state index contributed by atoms with van der Waals surface area (Å²) in [5, 5.41) is 15.6. The van der Waals surface area contributed by atoms with E-state index < -0.39 is 5.97 Å². The van der Waals surface area contributed by atoms with Gasteiger partial charge in [-0.3, -0.25) is 9.59 Å². The monoisotopic (exact) mass is 415 g/mol. The Morgan fingerprint density at radius 2 is 1.81 bits per heavy atom. The highest BCUT2D eigenvalue weighted by Crippen LogP contribution is 2.28. The van der Waals surface area contributed by atoms with Crippen LogP contribution >= 0.6 is 0 Å². The SMILES string of the molecule is CCC(=O)Cn1cc(C=C2C(=O)N(c3ccc(C(=O)O)cc3)N=C2C)c2ccccc21. The molecule has 1 N–H and O–H groups in total. The molecule has 31 heavy (non-hydrogen) atoms. The van der Waals surface area contributed by atoms with Gasteiger partial charge in [0, 0.05) is 29.1 Å². The van der Waals surface area contributed by atoms with E-state index in [2.05, 4.69) is 5.10 Å². The smallest absolute Gasteiger partial charge is 0.335 e. The number of benzene rings is 2. The summed E-state index contributed by atoms with van der Waals surface area (Å²) >= 11 is 0. The summed E-state index contributed by atoms with van der Waals surface area (Å²) in [4.78, 5) is 36.1. The molecule has 2 aromatic carbocycles. The number of para-hydroxylation sites is 1. The number of nitrogens with zero attached hydrogens (tertiary/aromatic N) is 3. The minimum atomic E-state index is -1.03. The van der Waals surface area contributed by atoms with E-state index in [1.807, 2.05) is 42.0 Å². The predicted octanol–water partition coefficient (Wildman–Crippen LogP) is 4.12. The lowest BCUT2D eigenvalue weighted by molar-refractivity contribution is -0.119. The Balaban J connectivity index is 1.70. The van der Waals surface area contributed by atoms with Gasteiger partial charge < -0.3 is 9.67 Å². The molecule has 7 heteroatoms. The number of ketones is 1. The molecule has 0 spiro atoms. The molecule has 0 unspecified atom stereocenters. The third-order valence-electron chi connectivity index (χ3n) is 5.28. The highest BCUT2D eigenvalue weighted by Gasteiger charge is 2.29. The standard InChI is InChI=1S/C24H21N3O4/c1-3-19(28)14-26-13-17(20-6-4-5-7-22(20)26)12-21-15(2)25-27(23(21)29)18-10-8-16(9-11-18)24(30)31/h4-13H,3,14H2,1-2H3,(H,30,31). The molecule has 156 valence electrons. The first kappa shape index (κ1) is 20.3. The van der Waals surface area contributed by atoms with E-state index in [4.69, 9.17) is 5.11 Å². The molecule has 1 aliphatic heterocycles. The van der Waals surface area contributed by atoms with Crippen LogP contribution in [0.2, 0.25) is 0 Å². The van der Waals surface area contributed by atoms with Crippen LogP contribution < -0.4 is 5.01 Å². The van der Waals surface area contributed by atoms with E-state index in [1.165, 1.54) is 17.1 Å². The minimum Gasteiger partial charge on any atom is -0.478 e. The second-order valence-electron chi connectivity index (χ2n) is 7.33. The van der Waals surface area contributed by atoms with Crippen molar-refractivity contribution in [3.8, 4) is 0 Å². The van der Waals surface area contributed by atoms with Gasteiger partial charge >= 0.3 is 5.97 Å². The van der Waals surface area contributed by atoms with Crippen molar-refractivity contribution in [2.75, 3.05) is 5.01 Å². The maximum Gasteiger partial charge on any atom is 0.335 e. The average molecular weight is 415 g/mol. The predicted molar refractivity (Wildman–Crippen MR) is 119 cm³/mol. The molecule has 1 aliphatic rings. The summed E-state index contributed by atoms with van der Waals surface area (Å²) in [7, 11) is 0. The van der Waals surface area contributed by atoms with Gasteiger partial charge in [-0.05, 0) is 43.3 Å². The van der Waals surface area contributed by atoms with Crippen LogP contribution in [0.3, 0.4) is 0 Å². The molecule has 0 radical (unpaired) electrons. The lowest BCUT2D eigenvalue weighted by Crippen LogP contribution is -2.21. The molecule has 0 bridgehead atoms. The van der Waals surface area contributed by atoms with Gasteiger partial charge in [-0.15, -0.1) is 0 Å². The van der Waals surface area contributed by atoms with Gasteiger partial charge in [-0.25, -0.2) is 4.79 Å². The van der Waals surface area contributed by atoms with Gasteiger partial charge in [0.1, 0.15) is 0 Å². The first-order valence-electron chi connectivity index (χ1n) is 9.93. The number of fused-ring (bicyclic) bond motifs is 1. The fourth-order valence-electron chi connectivity index (χ4n) is 3.58. The van der Waals surface area contributed by atoms with Gasteiger partial charge in [-0.2, -0.15) is 10.1 Å². The molecule has 0 saturated heterocycles. The summed E-state index contributed by atoms with van der Waals surface area (Å²) in [5.74, 6) is -1.19. The molecule has 0 saturated carbocycles. The van der Waals surface area contributed by atoms with Crippen LogP contribution in [0.5, 0.6) is 0 Å². The number of carbonyl (C=O) groups is 3. The molecule has 1 amide bonds. The van der Waals surface area contributed by atoms with Crippen LogP contribution in [0.15, 0.2) is 65.4 Å². The van der Waals surface area contributed by atoms with E-state index in [-0.39, 0.29) is 23.8 Å². The first-order valence-corrected chi connectivity index (χ1v) is 9.93. The fraction of sp³-hybridized carbons (Fsp3) is 0.167. The maximum absolute atomic E-state index is 13.1. The molecule has 3 aromatic rings. The molecule has 4 rings (SSSR count). The van der Waals surface area contributed by atoms with Gasteiger partial charge in [0.25, 0.3) is 5.91 Å². The Kier molecular flexibility index (Phi) is 5.25. The fourth-order valence-corrected chi connectivity index (χ4v) is 3.58. The van der Waals surface area contributed by atoms with Gasteiger partial charge in [0.05, 0.1) is 29.1 Å². The highest BCUT2D eigenvalue weighted by atomic mass is 16.4. The lowest BCUT2D eigenvalue weighted by Gasteiger charge is -2.11. The van der Waals surface area contributed by atoms with Gasteiger partial charge in [0.2, 0.25) is 0 Å². The topological polar surface area (TPSA) is 92.0 Å². The number of aromatic carboxylic acids is 1. The zero-order valence-electron chi connectivity index (χ0n) is 17.2. The average Bonchev–Trinajstić information content (AvgIpc) is 3.26. The van der Waals surface area contributed by atoms with Crippen LogP contribution in [-0.4, -0.2) is 33.0 Å². The Labute approximate surface area is 178 Å². The third-order valence-corrected chi connectivity index (χ3v) is 5.28. The number of rotatable bonds is 6. The Bertz CT molecular complexity index is 1270. The molecular formula is C24H21N3O4. The van der Waals surface area contributed by atoms with Crippen molar-refractivity contribution >= 4 is 46.0 Å². The number of carbonyl (C=O) groups excluding carboxylic acids is 2. The zero-order valence-corrected chi connectivity index (χ0v) is 17.2. The molecule has 7 nitrogen and oxygen atoms in total. The number of amides is 1. The molecule has 0 atom stereocenters. The summed E-state index contributed by atoms with van der Waals surface area (Å²) < 4.78 is 1.90. The van der Waals surface area contributed by atoms with Crippen molar-refractivity contribution in [2.45, 2.75) is 26.8 Å². The van der Waals surface area contributed by atoms with Crippen LogP contribution in [0.25, 0.3) is 17.0 Å². The van der Waals surface area contributed by atoms with E-state index in [0.717, 1.165) is 16.5 Å². The minimum absolute atomic E-state index is 0.130. The normalized spacial score (nSPS) is 15.0. The van der Waals surface area contributed by atoms with Crippen molar-refractivity contribution in [3.63, 3.8) is 0 Å². The first-order chi connectivity index (χ1) is 14.9. The number of Topliss-reactive ketones (excluding diaryl/α,β-unsaturated/α-hetero) is 1. The molecule has 1 aromatic heterocycles. The summed E-state index contributed by atoms with van der Waals surface area (Å²) in [6.45, 7) is 3.88. The zero-order chi connectivity index (χ0) is 22.1. The van der Waals surface area contributed by atoms with E-state index >= 15 is 0 Å². The molecule has 0 fully saturated rings. The Morgan fingerprint density at radius 3 is 2.48 bits per heavy atom. The number of hydrogen-bond acceptors (Lipinski definition) is 4. The van der Waals surface area contributed by atoms with Crippen molar-refractivity contribution < 1.29 is 19.5 Å². The molecular weight excluding hydrogens is 394 g/mol. The second kappa shape index (κ2) is 8.02. The van der Waals surface area contributed by atoms with E-state index in [1.54, 1.807) is 25.1 Å². The van der Waals surface area contributed by atoms with Crippen molar-refractivity contribution in [2.24, 2.45) is 5.10 Å². The van der Waals surface area contributed by atoms with Crippen LogP contribution in [0, 0.1) is 0 Å². The lowest BCUT2D eigenvalue weighted by atomic mass is 10.1. The Morgan fingerprint density at radius 1 is 1.10 bits per heavy atom. The van der Waals surface area contributed by atoms with Crippen molar-refractivity contribution in [3.05, 3.63) is 71.4 Å². The summed E-state index contributed by atoms with van der Waals surface area (Å²) in [6.07, 6.45) is 4.14. The number of aromatic nitrogens is 1. The van der Waals surface area contributed by atoms with Crippen molar-refractivity contribution in [1.29, 1.82) is 0 Å². The van der Waals surface area contributed by atoms with E-state index in [0.29, 0.717) is 23.4 Å². The van der Waals surface area contributed by atoms with Gasteiger partial charge in [0.15, 0.2) is 5.78 Å². The van der Waals surface area contributed by atoms with Crippen molar-refractivity contribution in [1.82, 2.24) is 4.57 Å². The van der Waals surface area contributed by atoms with Crippen LogP contribution in [-0.2, 0) is 16.1 Å². The maximum atomic E-state index is 13.1.